The van der Waals surface area contributed by atoms with E-state index in [0.29, 0.717) is 22.3 Å². The van der Waals surface area contributed by atoms with Crippen LogP contribution in [-0.4, -0.2) is 28.1 Å². The van der Waals surface area contributed by atoms with Gasteiger partial charge in [0, 0.05) is 23.5 Å². The van der Waals surface area contributed by atoms with Gasteiger partial charge >= 0.3 is 0 Å². The van der Waals surface area contributed by atoms with Crippen LogP contribution < -0.4 is 0 Å². The zero-order valence-corrected chi connectivity index (χ0v) is 16.8. The van der Waals surface area contributed by atoms with Crippen LogP contribution in [0.15, 0.2) is 54.4 Å². The van der Waals surface area contributed by atoms with E-state index in [9.17, 15) is 14.4 Å². The average Bonchev–Trinajstić information content (AvgIpc) is 2.75. The Bertz CT molecular complexity index is 1250. The van der Waals surface area contributed by atoms with E-state index in [0.717, 1.165) is 11.6 Å². The zero-order valence-electron chi connectivity index (χ0n) is 16.8. The predicted molar refractivity (Wildman–Crippen MR) is 109 cm³/mol. The molecule has 150 valence electrons. The van der Waals surface area contributed by atoms with E-state index in [2.05, 4.69) is 15.2 Å². The molecular formula is C23H19FN4O2. The first kappa shape index (κ1) is 19.8. The van der Waals surface area contributed by atoms with Gasteiger partial charge in [-0.3, -0.25) is 9.78 Å². The number of Topliss-reactive ketones (excluding diaryl/α,β-unsaturated/α-hetero) is 1. The molecule has 0 N–H and O–H groups in total. The molecule has 30 heavy (non-hydrogen) atoms. The van der Waals surface area contributed by atoms with Crippen LogP contribution in [0.2, 0.25) is 0 Å². The van der Waals surface area contributed by atoms with Crippen molar-refractivity contribution in [1.82, 2.24) is 15.2 Å². The van der Waals surface area contributed by atoms with Crippen LogP contribution in [0, 0.1) is 22.6 Å². The molecule has 6 nitrogen and oxygen atoms in total. The highest BCUT2D eigenvalue weighted by molar-refractivity contribution is 6.04. The number of allylic oxidation sites excluding steroid dienone is 1. The zero-order chi connectivity index (χ0) is 21.5. The van der Waals surface area contributed by atoms with Gasteiger partial charge in [-0.15, -0.1) is 0 Å². The number of nitrogens with zero attached hydrogens (tertiary/aromatic N) is 4. The number of rotatable bonds is 3. The topological polar surface area (TPSA) is 88.8 Å². The smallest absolute Gasteiger partial charge is 0.178 e. The number of nitriles is 1. The highest BCUT2D eigenvalue weighted by atomic mass is 19.1. The van der Waals surface area contributed by atoms with Crippen LogP contribution in [0.4, 0.5) is 4.39 Å². The van der Waals surface area contributed by atoms with E-state index in [1.165, 1.54) is 19.3 Å². The van der Waals surface area contributed by atoms with Gasteiger partial charge in [0.2, 0.25) is 0 Å². The minimum absolute atomic E-state index is 0.00885. The van der Waals surface area contributed by atoms with E-state index in [-0.39, 0.29) is 17.8 Å². The van der Waals surface area contributed by atoms with Gasteiger partial charge in [-0.1, -0.05) is 26.0 Å². The van der Waals surface area contributed by atoms with Gasteiger partial charge in [0.05, 0.1) is 29.2 Å². The number of carbonyl (C=O) groups excluding carboxylic acids is 1. The highest BCUT2D eigenvalue weighted by Crippen LogP contribution is 2.47. The second-order valence-electron chi connectivity index (χ2n) is 8.01. The maximum Gasteiger partial charge on any atom is 0.178 e. The monoisotopic (exact) mass is 402 g/mol. The molecule has 0 bridgehead atoms. The number of benzene rings is 1. The molecule has 1 aliphatic carbocycles. The molecule has 2 heterocycles. The summed E-state index contributed by atoms with van der Waals surface area (Å²) in [5, 5.41) is 18.5. The van der Waals surface area contributed by atoms with Gasteiger partial charge in [-0.2, -0.15) is 15.5 Å². The third-order valence-electron chi connectivity index (χ3n) is 5.51. The van der Waals surface area contributed by atoms with Crippen molar-refractivity contribution in [2.45, 2.75) is 25.9 Å². The molecule has 1 aliphatic rings. The standard InChI is InChI=1S/C23H19FN4O2/c1-22(2)13-23(30-3,10-16(11-25)21(22)29)20-18(9-17(24)12-26-20)15-5-4-14-6-7-27-28-19(14)8-15/h4-10,12H,13H2,1-3H3. The second-order valence-corrected chi connectivity index (χ2v) is 8.01. The number of aromatic nitrogens is 3. The Morgan fingerprint density at radius 1 is 1.23 bits per heavy atom. The summed E-state index contributed by atoms with van der Waals surface area (Å²) in [5.74, 6) is -0.753. The van der Waals surface area contributed by atoms with Gasteiger partial charge in [0.1, 0.15) is 17.5 Å². The summed E-state index contributed by atoms with van der Waals surface area (Å²) in [5.41, 5.74) is 0.272. The lowest BCUT2D eigenvalue weighted by atomic mass is 9.68. The molecule has 4 rings (SSSR count). The first-order chi connectivity index (χ1) is 14.3. The molecule has 1 atom stereocenters. The molecule has 0 saturated carbocycles. The summed E-state index contributed by atoms with van der Waals surface area (Å²) < 4.78 is 20.1. The van der Waals surface area contributed by atoms with E-state index in [1.807, 2.05) is 24.3 Å². The Morgan fingerprint density at radius 2 is 2.03 bits per heavy atom. The molecule has 0 fully saturated rings. The number of pyridine rings is 1. The van der Waals surface area contributed by atoms with Gasteiger partial charge in [-0.05, 0) is 36.3 Å². The third-order valence-corrected chi connectivity index (χ3v) is 5.51. The molecule has 0 saturated heterocycles. The van der Waals surface area contributed by atoms with Crippen LogP contribution in [-0.2, 0) is 15.1 Å². The number of ether oxygens (including phenoxy) is 1. The van der Waals surface area contributed by atoms with E-state index < -0.39 is 16.8 Å². The third kappa shape index (κ3) is 3.15. The molecule has 2 aromatic heterocycles. The average molecular weight is 402 g/mol. The summed E-state index contributed by atoms with van der Waals surface area (Å²) in [7, 11) is 1.50. The Labute approximate surface area is 173 Å². The number of halogens is 1. The highest BCUT2D eigenvalue weighted by Gasteiger charge is 2.48. The number of hydrogen-bond donors (Lipinski definition) is 0. The summed E-state index contributed by atoms with van der Waals surface area (Å²) in [4.78, 5) is 17.0. The van der Waals surface area contributed by atoms with Gasteiger partial charge in [-0.25, -0.2) is 4.39 Å². The van der Waals surface area contributed by atoms with Crippen LogP contribution >= 0.6 is 0 Å². The van der Waals surface area contributed by atoms with Crippen molar-refractivity contribution >= 4 is 16.7 Å². The van der Waals surface area contributed by atoms with Crippen molar-refractivity contribution in [1.29, 1.82) is 5.26 Å². The molecule has 1 aromatic carbocycles. The fraction of sp³-hybridized carbons (Fsp3) is 0.261. The van der Waals surface area contributed by atoms with Crippen molar-refractivity contribution in [2.24, 2.45) is 5.41 Å². The number of fused-ring (bicyclic) bond motifs is 1. The summed E-state index contributed by atoms with van der Waals surface area (Å²) in [6, 6.07) is 10.7. The Kier molecular flexibility index (Phi) is 4.67. The largest absolute Gasteiger partial charge is 0.368 e. The number of carbonyl (C=O) groups is 1. The van der Waals surface area contributed by atoms with E-state index in [4.69, 9.17) is 4.74 Å². The molecule has 1 unspecified atom stereocenters. The van der Waals surface area contributed by atoms with Crippen molar-refractivity contribution in [2.75, 3.05) is 7.11 Å². The maximum absolute atomic E-state index is 14.2. The Morgan fingerprint density at radius 3 is 2.77 bits per heavy atom. The van der Waals surface area contributed by atoms with Gasteiger partial charge in [0.25, 0.3) is 0 Å². The van der Waals surface area contributed by atoms with Crippen LogP contribution in [0.3, 0.4) is 0 Å². The molecule has 0 radical (unpaired) electrons. The molecular weight excluding hydrogens is 383 g/mol. The summed E-state index contributed by atoms with van der Waals surface area (Å²) in [6.07, 6.45) is 4.49. The number of hydrogen-bond acceptors (Lipinski definition) is 6. The minimum atomic E-state index is -1.16. The van der Waals surface area contributed by atoms with Crippen molar-refractivity contribution in [3.05, 3.63) is 65.9 Å². The SMILES string of the molecule is COC1(c2ncc(F)cc2-c2ccc3ccnnc3c2)C=C(C#N)C(=O)C(C)(C)C1. The second kappa shape index (κ2) is 7.08. The quantitative estimate of drug-likeness (QED) is 0.655. The van der Waals surface area contributed by atoms with Crippen molar-refractivity contribution in [3.63, 3.8) is 0 Å². The van der Waals surface area contributed by atoms with Crippen LogP contribution in [0.25, 0.3) is 22.0 Å². The fourth-order valence-corrected chi connectivity index (χ4v) is 4.06. The lowest BCUT2D eigenvalue weighted by Crippen LogP contribution is -2.42. The van der Waals surface area contributed by atoms with Gasteiger partial charge < -0.3 is 4.74 Å². The number of methoxy groups -OCH3 is 1. The van der Waals surface area contributed by atoms with Gasteiger partial charge in [0.15, 0.2) is 5.78 Å². The predicted octanol–water partition coefficient (Wildman–Crippen LogP) is 4.12. The lowest BCUT2D eigenvalue weighted by Gasteiger charge is -2.40. The minimum Gasteiger partial charge on any atom is -0.368 e. The molecule has 0 spiro atoms. The summed E-state index contributed by atoms with van der Waals surface area (Å²) >= 11 is 0. The first-order valence-electron chi connectivity index (χ1n) is 9.40. The molecule has 7 heteroatoms. The molecule has 0 amide bonds. The Hall–Kier alpha value is -3.50. The number of ketones is 1. The van der Waals surface area contributed by atoms with E-state index in [1.54, 1.807) is 26.1 Å². The summed E-state index contributed by atoms with van der Waals surface area (Å²) in [6.45, 7) is 3.53. The maximum atomic E-state index is 14.2. The van der Waals surface area contributed by atoms with E-state index >= 15 is 0 Å². The molecule has 0 aliphatic heterocycles. The first-order valence-corrected chi connectivity index (χ1v) is 9.40. The van der Waals surface area contributed by atoms with Crippen LogP contribution in [0.1, 0.15) is 26.0 Å². The van der Waals surface area contributed by atoms with Crippen molar-refractivity contribution < 1.29 is 13.9 Å². The van der Waals surface area contributed by atoms with Crippen molar-refractivity contribution in [3.8, 4) is 17.2 Å². The Balaban J connectivity index is 1.98. The molecule has 3 aromatic rings. The fourth-order valence-electron chi connectivity index (χ4n) is 4.06. The lowest BCUT2D eigenvalue weighted by molar-refractivity contribution is -0.128. The van der Waals surface area contributed by atoms with Crippen LogP contribution in [0.5, 0.6) is 0 Å². The normalized spacial score (nSPS) is 20.6.